The number of amides is 1. The number of rotatable bonds is 6. The molecule has 1 amide bonds. The van der Waals surface area contributed by atoms with Gasteiger partial charge in [0.2, 0.25) is 5.91 Å². The molecule has 33 heavy (non-hydrogen) atoms. The summed E-state index contributed by atoms with van der Waals surface area (Å²) in [6.07, 6.45) is 0.462. The van der Waals surface area contributed by atoms with Gasteiger partial charge in [0.15, 0.2) is 0 Å². The number of para-hydroxylation sites is 2. The maximum Gasteiger partial charge on any atom is 0.227 e. The molecule has 1 atom stereocenters. The Kier molecular flexibility index (Phi) is 5.63. The Morgan fingerprint density at radius 3 is 2.61 bits per heavy atom. The van der Waals surface area contributed by atoms with E-state index in [0.29, 0.717) is 19.6 Å². The molecular weight excluding hydrogens is 410 g/mol. The van der Waals surface area contributed by atoms with Crippen molar-refractivity contribution in [1.82, 2.24) is 9.55 Å². The number of imidazole rings is 1. The van der Waals surface area contributed by atoms with Gasteiger partial charge in [0.25, 0.3) is 0 Å². The highest BCUT2D eigenvalue weighted by Crippen LogP contribution is 2.34. The van der Waals surface area contributed by atoms with Crippen LogP contribution in [0, 0.1) is 13.8 Å². The van der Waals surface area contributed by atoms with Crippen molar-refractivity contribution in [3.05, 3.63) is 89.2 Å². The van der Waals surface area contributed by atoms with Crippen LogP contribution in [-0.2, 0) is 11.3 Å². The van der Waals surface area contributed by atoms with E-state index in [1.54, 1.807) is 0 Å². The highest BCUT2D eigenvalue weighted by molar-refractivity contribution is 5.96. The van der Waals surface area contributed by atoms with Gasteiger partial charge in [-0.1, -0.05) is 35.9 Å². The number of ether oxygens (including phenoxy) is 1. The summed E-state index contributed by atoms with van der Waals surface area (Å²) in [7, 11) is 0. The number of fused-ring (bicyclic) bond motifs is 1. The van der Waals surface area contributed by atoms with E-state index in [1.165, 1.54) is 16.7 Å². The summed E-state index contributed by atoms with van der Waals surface area (Å²) in [6.45, 7) is 8.24. The third-order valence-electron chi connectivity index (χ3n) is 6.47. The molecule has 1 aliphatic heterocycles. The fourth-order valence-corrected chi connectivity index (χ4v) is 4.73. The van der Waals surface area contributed by atoms with Gasteiger partial charge >= 0.3 is 0 Å². The van der Waals surface area contributed by atoms with E-state index in [2.05, 4.69) is 54.8 Å². The Balaban J connectivity index is 1.49. The second-order valence-corrected chi connectivity index (χ2v) is 8.81. The lowest BCUT2D eigenvalue weighted by molar-refractivity contribution is -0.117. The molecule has 2 heterocycles. The molecule has 4 aromatic rings. The number of hydrogen-bond acceptors (Lipinski definition) is 3. The van der Waals surface area contributed by atoms with Gasteiger partial charge in [0.05, 0.1) is 17.6 Å². The first kappa shape index (κ1) is 21.3. The van der Waals surface area contributed by atoms with Gasteiger partial charge < -0.3 is 14.2 Å². The Hall–Kier alpha value is -3.60. The fraction of sp³-hybridized carbons (Fsp3) is 0.286. The van der Waals surface area contributed by atoms with Crippen molar-refractivity contribution in [3.63, 3.8) is 0 Å². The molecule has 5 heteroatoms. The number of aryl methyl sites for hydroxylation is 2. The maximum atomic E-state index is 13.0. The van der Waals surface area contributed by atoms with E-state index in [0.717, 1.165) is 34.8 Å². The molecule has 0 N–H and O–H groups in total. The van der Waals surface area contributed by atoms with Crippen LogP contribution in [0.3, 0.4) is 0 Å². The van der Waals surface area contributed by atoms with Crippen LogP contribution in [0.4, 0.5) is 5.69 Å². The lowest BCUT2D eigenvalue weighted by atomic mass is 10.0. The van der Waals surface area contributed by atoms with Crippen LogP contribution in [0.25, 0.3) is 11.0 Å². The zero-order valence-electron chi connectivity index (χ0n) is 19.4. The molecule has 1 unspecified atom stereocenters. The van der Waals surface area contributed by atoms with Crippen molar-refractivity contribution in [2.24, 2.45) is 0 Å². The number of aromatic nitrogens is 2. The van der Waals surface area contributed by atoms with Gasteiger partial charge in [-0.25, -0.2) is 4.98 Å². The van der Waals surface area contributed by atoms with Gasteiger partial charge in [-0.15, -0.1) is 0 Å². The van der Waals surface area contributed by atoms with Crippen LogP contribution in [0.1, 0.15) is 41.8 Å². The molecular formula is C28H29N3O2. The summed E-state index contributed by atoms with van der Waals surface area (Å²) in [4.78, 5) is 19.9. The average molecular weight is 440 g/mol. The van der Waals surface area contributed by atoms with E-state index < -0.39 is 0 Å². The monoisotopic (exact) mass is 439 g/mol. The molecule has 0 radical (unpaired) electrons. The SMILES string of the molecule is CCOc1ccc(N2CC(c3nc4ccccc4n3Cc3cc(C)ccc3C)CC2=O)cc1. The molecule has 0 aliphatic carbocycles. The minimum atomic E-state index is 0.0431. The number of carbonyl (C=O) groups excluding carboxylic acids is 1. The van der Waals surface area contributed by atoms with Crippen LogP contribution in [0.2, 0.25) is 0 Å². The lowest BCUT2D eigenvalue weighted by Gasteiger charge is -2.18. The van der Waals surface area contributed by atoms with Gasteiger partial charge in [-0.05, 0) is 68.3 Å². The standard InChI is InChI=1S/C28H29N3O2/c1-4-33-24-13-11-23(12-14-24)30-18-22(16-27(30)32)28-29-25-7-5-6-8-26(25)31(28)17-21-15-19(2)9-10-20(21)3/h5-15,22H,4,16-18H2,1-3H3. The fourth-order valence-electron chi connectivity index (χ4n) is 4.73. The van der Waals surface area contributed by atoms with E-state index >= 15 is 0 Å². The van der Waals surface area contributed by atoms with Crippen molar-refractivity contribution in [2.45, 2.75) is 39.7 Å². The van der Waals surface area contributed by atoms with Gasteiger partial charge in [0, 0.05) is 31.1 Å². The normalized spacial score (nSPS) is 16.0. The summed E-state index contributed by atoms with van der Waals surface area (Å²) in [5, 5.41) is 0. The maximum absolute atomic E-state index is 13.0. The molecule has 1 aliphatic rings. The number of nitrogens with zero attached hydrogens (tertiary/aromatic N) is 3. The first-order chi connectivity index (χ1) is 16.0. The number of hydrogen-bond donors (Lipinski definition) is 0. The molecule has 3 aromatic carbocycles. The zero-order chi connectivity index (χ0) is 22.9. The Morgan fingerprint density at radius 2 is 1.82 bits per heavy atom. The molecule has 0 spiro atoms. The van der Waals surface area contributed by atoms with Gasteiger partial charge in [0.1, 0.15) is 11.6 Å². The van der Waals surface area contributed by atoms with Crippen molar-refractivity contribution in [2.75, 3.05) is 18.1 Å². The summed E-state index contributed by atoms with van der Waals surface area (Å²) in [5.41, 5.74) is 6.79. The topological polar surface area (TPSA) is 47.4 Å². The van der Waals surface area contributed by atoms with Gasteiger partial charge in [-0.3, -0.25) is 4.79 Å². The molecule has 1 fully saturated rings. The Bertz CT molecular complexity index is 1310. The number of anilines is 1. The number of carbonyl (C=O) groups is 1. The van der Waals surface area contributed by atoms with Crippen LogP contribution in [0.5, 0.6) is 5.75 Å². The third-order valence-corrected chi connectivity index (χ3v) is 6.47. The second-order valence-electron chi connectivity index (χ2n) is 8.81. The smallest absolute Gasteiger partial charge is 0.227 e. The van der Waals surface area contributed by atoms with E-state index in [4.69, 9.17) is 9.72 Å². The Labute approximate surface area is 194 Å². The highest BCUT2D eigenvalue weighted by atomic mass is 16.5. The molecule has 168 valence electrons. The highest BCUT2D eigenvalue weighted by Gasteiger charge is 2.35. The van der Waals surface area contributed by atoms with Crippen LogP contribution in [0.15, 0.2) is 66.7 Å². The molecule has 1 saturated heterocycles. The molecule has 1 aromatic heterocycles. The summed E-state index contributed by atoms with van der Waals surface area (Å²) >= 11 is 0. The zero-order valence-corrected chi connectivity index (χ0v) is 19.4. The van der Waals surface area contributed by atoms with Crippen molar-refractivity contribution in [1.29, 1.82) is 0 Å². The summed E-state index contributed by atoms with van der Waals surface area (Å²) < 4.78 is 7.85. The van der Waals surface area contributed by atoms with Crippen LogP contribution in [-0.4, -0.2) is 28.6 Å². The van der Waals surface area contributed by atoms with Crippen molar-refractivity contribution >= 4 is 22.6 Å². The predicted octanol–water partition coefficient (Wildman–Crippen LogP) is 5.62. The van der Waals surface area contributed by atoms with E-state index in [9.17, 15) is 4.79 Å². The minimum absolute atomic E-state index is 0.0431. The lowest BCUT2D eigenvalue weighted by Crippen LogP contribution is -2.24. The van der Waals surface area contributed by atoms with Crippen LogP contribution < -0.4 is 9.64 Å². The molecule has 0 saturated carbocycles. The second kappa shape index (κ2) is 8.74. The van der Waals surface area contributed by atoms with E-state index in [1.807, 2.05) is 42.2 Å². The quantitative estimate of drug-likeness (QED) is 0.392. The Morgan fingerprint density at radius 1 is 1.03 bits per heavy atom. The summed E-state index contributed by atoms with van der Waals surface area (Å²) in [6, 6.07) is 22.6. The van der Waals surface area contributed by atoms with Crippen molar-refractivity contribution in [3.8, 4) is 5.75 Å². The molecule has 5 rings (SSSR count). The average Bonchev–Trinajstić information content (AvgIpc) is 3.38. The predicted molar refractivity (Wildman–Crippen MR) is 132 cm³/mol. The third kappa shape index (κ3) is 4.11. The first-order valence-electron chi connectivity index (χ1n) is 11.6. The molecule has 0 bridgehead atoms. The minimum Gasteiger partial charge on any atom is -0.494 e. The molecule has 5 nitrogen and oxygen atoms in total. The largest absolute Gasteiger partial charge is 0.494 e. The number of benzene rings is 3. The van der Waals surface area contributed by atoms with E-state index in [-0.39, 0.29) is 11.8 Å². The van der Waals surface area contributed by atoms with Crippen LogP contribution >= 0.6 is 0 Å². The van der Waals surface area contributed by atoms with Crippen molar-refractivity contribution < 1.29 is 9.53 Å². The first-order valence-corrected chi connectivity index (χ1v) is 11.6. The van der Waals surface area contributed by atoms with Gasteiger partial charge in [-0.2, -0.15) is 0 Å². The summed E-state index contributed by atoms with van der Waals surface area (Å²) in [5.74, 6) is 1.98.